The highest BCUT2D eigenvalue weighted by Gasteiger charge is 2.39. The minimum Gasteiger partial charge on any atom is -0.544 e. The van der Waals surface area contributed by atoms with Gasteiger partial charge in [0.25, 0.3) is 0 Å². The Bertz CT molecular complexity index is 1300. The Kier molecular flexibility index (Phi) is 14.8. The molecule has 2 aliphatic carbocycles. The molecule has 0 bridgehead atoms. The zero-order chi connectivity index (χ0) is 34.2. The van der Waals surface area contributed by atoms with Gasteiger partial charge in [-0.3, -0.25) is 4.79 Å². The second kappa shape index (κ2) is 18.5. The molecular formula is C36H50O8Si. The number of aliphatic hydroxyl groups excluding tert-OH is 1. The largest absolute Gasteiger partial charge is 0.544 e. The molecule has 0 aliphatic heterocycles. The minimum absolute atomic E-state index is 0.110. The van der Waals surface area contributed by atoms with E-state index in [-0.39, 0.29) is 29.9 Å². The van der Waals surface area contributed by atoms with Crippen molar-refractivity contribution in [1.82, 2.24) is 0 Å². The third-order valence-corrected chi connectivity index (χ3v) is 12.1. The number of ketones is 1. The van der Waals surface area contributed by atoms with Gasteiger partial charge in [-0.25, -0.2) is 0 Å². The first-order valence-corrected chi connectivity index (χ1v) is 17.9. The second-order valence-corrected chi connectivity index (χ2v) is 16.9. The maximum Gasteiger partial charge on any atom is 0.250 e. The smallest absolute Gasteiger partial charge is 0.250 e. The number of allylic oxidation sites excluding steroid dienone is 1. The number of carbonyl (C=O) groups excluding carboxylic acids is 2. The number of methoxy groups -OCH3 is 2. The van der Waals surface area contributed by atoms with Crippen molar-refractivity contribution in [3.63, 3.8) is 0 Å². The van der Waals surface area contributed by atoms with Crippen LogP contribution in [-0.2, 0) is 36.7 Å². The fourth-order valence-electron chi connectivity index (χ4n) is 3.93. The average molecular weight is 640 g/mol. The highest BCUT2D eigenvalue weighted by atomic mass is 28.4. The molecule has 246 valence electrons. The van der Waals surface area contributed by atoms with E-state index in [0.717, 1.165) is 34.8 Å². The zero-order valence-corrected chi connectivity index (χ0v) is 28.7. The lowest BCUT2D eigenvalue weighted by molar-refractivity contribution is -0.125. The monoisotopic (exact) mass is 639 g/mol. The molecule has 0 aromatic heterocycles. The summed E-state index contributed by atoms with van der Waals surface area (Å²) in [6.07, 6.45) is 10.1. The lowest BCUT2D eigenvalue weighted by atomic mass is 10.0. The fraction of sp³-hybridized carbons (Fsp3) is 0.444. The molecule has 3 atom stereocenters. The van der Waals surface area contributed by atoms with Crippen molar-refractivity contribution in [3.8, 4) is 11.5 Å². The Morgan fingerprint density at radius 3 is 1.78 bits per heavy atom. The predicted octanol–water partition coefficient (Wildman–Crippen LogP) is 7.12. The molecule has 9 heteroatoms. The number of hydrogen-bond donors (Lipinski definition) is 1. The van der Waals surface area contributed by atoms with Crippen molar-refractivity contribution < 1.29 is 39.4 Å². The van der Waals surface area contributed by atoms with Crippen molar-refractivity contribution in [2.75, 3.05) is 14.2 Å². The number of carbonyl (C=O) groups is 2. The van der Waals surface area contributed by atoms with Gasteiger partial charge in [-0.15, -0.1) is 0 Å². The molecule has 2 aliphatic rings. The molecule has 8 nitrogen and oxygen atoms in total. The van der Waals surface area contributed by atoms with Crippen molar-refractivity contribution >= 4 is 20.4 Å². The number of ether oxygens (including phenoxy) is 4. The van der Waals surface area contributed by atoms with Crippen molar-refractivity contribution in [1.29, 1.82) is 0 Å². The normalized spacial score (nSPS) is 19.6. The minimum atomic E-state index is -1.77. The fourth-order valence-corrected chi connectivity index (χ4v) is 4.98. The Morgan fingerprint density at radius 1 is 0.889 bits per heavy atom. The van der Waals surface area contributed by atoms with Crippen molar-refractivity contribution in [2.24, 2.45) is 0 Å². The van der Waals surface area contributed by atoms with Crippen molar-refractivity contribution in [2.45, 2.75) is 90.2 Å². The molecule has 0 spiro atoms. The highest BCUT2D eigenvalue weighted by Crippen LogP contribution is 2.38. The van der Waals surface area contributed by atoms with Gasteiger partial charge in [0.15, 0.2) is 5.78 Å². The summed E-state index contributed by atoms with van der Waals surface area (Å²) >= 11 is 0. The second-order valence-electron chi connectivity index (χ2n) is 12.1. The molecule has 0 unspecified atom stereocenters. The van der Waals surface area contributed by atoms with Gasteiger partial charge >= 0.3 is 0 Å². The van der Waals surface area contributed by atoms with E-state index in [0.29, 0.717) is 25.9 Å². The molecule has 0 radical (unpaired) electrons. The zero-order valence-electron chi connectivity index (χ0n) is 28.7. The van der Waals surface area contributed by atoms with Gasteiger partial charge in [0.1, 0.15) is 23.9 Å². The predicted molar refractivity (Wildman–Crippen MR) is 180 cm³/mol. The topological polar surface area (TPSA) is 101 Å². The van der Waals surface area contributed by atoms with Gasteiger partial charge in [0, 0.05) is 7.79 Å². The van der Waals surface area contributed by atoms with E-state index in [9.17, 15) is 9.90 Å². The Morgan fingerprint density at radius 2 is 1.38 bits per heavy atom. The van der Waals surface area contributed by atoms with Crippen LogP contribution in [0.5, 0.6) is 11.5 Å². The summed E-state index contributed by atoms with van der Waals surface area (Å²) in [4.78, 5) is 20.1. The molecule has 45 heavy (non-hydrogen) atoms. The summed E-state index contributed by atoms with van der Waals surface area (Å²) in [5.74, 6) is 2.41. The average Bonchev–Trinajstić information content (AvgIpc) is 3.05. The first kappa shape index (κ1) is 36.0. The highest BCUT2D eigenvalue weighted by molar-refractivity contribution is 6.74. The molecule has 0 saturated carbocycles. The van der Waals surface area contributed by atoms with Crippen LogP contribution in [-0.4, -0.2) is 58.0 Å². The van der Waals surface area contributed by atoms with E-state index in [2.05, 4.69) is 52.1 Å². The first-order valence-electron chi connectivity index (χ1n) is 15.7. The van der Waals surface area contributed by atoms with Crippen LogP contribution in [0.2, 0.25) is 18.1 Å². The van der Waals surface area contributed by atoms with Crippen LogP contribution in [0, 0.1) is 0 Å². The van der Waals surface area contributed by atoms with Gasteiger partial charge in [-0.1, -0.05) is 57.2 Å². The van der Waals surface area contributed by atoms with Gasteiger partial charge in [-0.2, -0.15) is 0 Å². The summed E-state index contributed by atoms with van der Waals surface area (Å²) < 4.78 is 34.2. The molecule has 1 N–H and O–H groups in total. The maximum absolute atomic E-state index is 11.1. The van der Waals surface area contributed by atoms with E-state index < -0.39 is 14.4 Å². The number of aliphatic hydroxyl groups is 1. The van der Waals surface area contributed by atoms with Gasteiger partial charge in [-0.05, 0) is 85.1 Å². The maximum atomic E-state index is 11.1. The lowest BCUT2D eigenvalue weighted by Gasteiger charge is -2.37. The summed E-state index contributed by atoms with van der Waals surface area (Å²) in [5.41, 5.74) is 2.17. The molecular weight excluding hydrogens is 588 g/mol. The van der Waals surface area contributed by atoms with Crippen molar-refractivity contribution in [3.05, 3.63) is 95.8 Å². The van der Waals surface area contributed by atoms with E-state index in [4.69, 9.17) is 29.5 Å². The molecule has 0 heterocycles. The van der Waals surface area contributed by atoms with E-state index in [1.165, 1.54) is 6.08 Å². The van der Waals surface area contributed by atoms with Crippen LogP contribution >= 0.6 is 0 Å². The summed E-state index contributed by atoms with van der Waals surface area (Å²) in [6, 6.07) is 15.6. The van der Waals surface area contributed by atoms with Crippen LogP contribution in [0.3, 0.4) is 0 Å². The summed E-state index contributed by atoms with van der Waals surface area (Å²) in [7, 11) is 1.53. The number of rotatable bonds is 10. The molecule has 2 aromatic carbocycles. The number of hydrogen-bond acceptors (Lipinski definition) is 8. The number of benzene rings is 2. The van der Waals surface area contributed by atoms with Gasteiger partial charge in [0.05, 0.1) is 45.4 Å². The Balaban J connectivity index is 0.000000296. The summed E-state index contributed by atoms with van der Waals surface area (Å²) in [5, 5.41) is 9.63. The van der Waals surface area contributed by atoms with Crippen LogP contribution in [0.15, 0.2) is 84.7 Å². The lowest BCUT2D eigenvalue weighted by Crippen LogP contribution is -2.40. The van der Waals surface area contributed by atoms with E-state index in [1.807, 2.05) is 48.5 Å². The Hall–Kier alpha value is -3.50. The molecule has 0 amide bonds. The first-order chi connectivity index (χ1) is 21.8. The number of aldehydes is 1. The molecule has 0 fully saturated rings. The third-order valence-electron chi connectivity index (χ3n) is 7.71. The van der Waals surface area contributed by atoms with Crippen LogP contribution in [0.25, 0.3) is 0 Å². The van der Waals surface area contributed by atoms with Gasteiger partial charge < -0.3 is 33.3 Å². The van der Waals surface area contributed by atoms with Crippen LogP contribution in [0.4, 0.5) is 0 Å². The third kappa shape index (κ3) is 13.2. The molecule has 0 saturated heterocycles. The van der Waals surface area contributed by atoms with E-state index >= 15 is 0 Å². The van der Waals surface area contributed by atoms with E-state index in [1.54, 1.807) is 20.3 Å². The SMILES string of the molecule is COc1ccc(CO[C@@H]2C=CC(=O)[C@@H](O)C2)cc1.COc1ccc(CO[C@@H]2C=CC(O[Si](C)(C)C(C)(C)C)=CC2)cc1.[2H]CC=O. The quantitative estimate of drug-likeness (QED) is 0.217. The van der Waals surface area contributed by atoms with Gasteiger partial charge in [0.2, 0.25) is 8.32 Å². The molecule has 4 rings (SSSR count). The van der Waals surface area contributed by atoms with Crippen LogP contribution in [0.1, 0.15) is 53.0 Å². The molecule has 2 aromatic rings. The Labute approximate surface area is 271 Å². The standard InChI is InChI=1S/C20H30O3Si.C14H16O4.C2H4O/c1-20(2,3)24(5,6)23-19-13-11-18(12-14-19)22-15-16-7-9-17(21-4)10-8-16;1-17-11-4-2-10(3-5-11)9-18-12-6-7-13(15)14(16)8-12;1-2-3/h7-11,13-14,18H,12,15H2,1-6H3;2-7,12,14,16H,8-9H2,1H3;2H,1H3/t18-;12-,14+;/m11./s1/i;;1D. The van der Waals surface area contributed by atoms with Crippen LogP contribution < -0.4 is 9.47 Å². The summed E-state index contributed by atoms with van der Waals surface area (Å²) in [6.45, 7) is 12.3.